The highest BCUT2D eigenvalue weighted by Crippen LogP contribution is 2.34. The van der Waals surface area contributed by atoms with Gasteiger partial charge in [0.2, 0.25) is 10.0 Å². The van der Waals surface area contributed by atoms with Crippen molar-refractivity contribution < 1.29 is 27.1 Å². The molecule has 31 heavy (non-hydrogen) atoms. The van der Waals surface area contributed by atoms with Gasteiger partial charge in [0.15, 0.2) is 11.6 Å². The van der Waals surface area contributed by atoms with Gasteiger partial charge in [-0.25, -0.2) is 17.2 Å². The number of carbonyl (C=O) groups excluding carboxylic acids is 1. The minimum atomic E-state index is -3.58. The first-order valence-corrected chi connectivity index (χ1v) is 11.0. The number of benzene rings is 3. The van der Waals surface area contributed by atoms with Gasteiger partial charge in [-0.05, 0) is 54.8 Å². The lowest BCUT2D eigenvalue weighted by Crippen LogP contribution is -2.18. The second-order valence-corrected chi connectivity index (χ2v) is 9.17. The molecule has 6 nitrogen and oxygen atoms in total. The number of hydrogen-bond donors (Lipinski definition) is 3. The van der Waals surface area contributed by atoms with E-state index in [9.17, 15) is 27.1 Å². The van der Waals surface area contributed by atoms with Gasteiger partial charge in [0.05, 0.1) is 10.9 Å². The summed E-state index contributed by atoms with van der Waals surface area (Å²) in [5.74, 6) is -2.68. The van der Waals surface area contributed by atoms with E-state index < -0.39 is 32.8 Å². The van der Waals surface area contributed by atoms with Gasteiger partial charge >= 0.3 is 0 Å². The van der Waals surface area contributed by atoms with E-state index in [1.54, 1.807) is 0 Å². The van der Waals surface area contributed by atoms with Crippen LogP contribution in [0.25, 0.3) is 11.1 Å². The standard InChI is InChI=1S/C22H18F2N2O4S/c23-18-3-1-2-17(21(18)24)13-4-6-14(7-5-13)22(28)25-15-8-11-20(27)19(12-15)26-31(29,30)16-9-10-16/h1-8,11-12,16,26-27H,9-10H2,(H,25,28). The molecule has 0 bridgehead atoms. The Morgan fingerprint density at radius 3 is 2.39 bits per heavy atom. The van der Waals surface area contributed by atoms with E-state index in [1.165, 1.54) is 54.6 Å². The van der Waals surface area contributed by atoms with Gasteiger partial charge in [-0.3, -0.25) is 9.52 Å². The molecule has 0 aromatic heterocycles. The van der Waals surface area contributed by atoms with Gasteiger partial charge in [-0.2, -0.15) is 0 Å². The lowest BCUT2D eigenvalue weighted by Gasteiger charge is -2.12. The predicted molar refractivity (Wildman–Crippen MR) is 113 cm³/mol. The highest BCUT2D eigenvalue weighted by molar-refractivity contribution is 7.93. The van der Waals surface area contributed by atoms with E-state index in [2.05, 4.69) is 10.0 Å². The molecule has 1 saturated carbocycles. The molecule has 3 aromatic rings. The Labute approximate surface area is 177 Å². The maximum Gasteiger partial charge on any atom is 0.255 e. The van der Waals surface area contributed by atoms with Crippen LogP contribution in [0.4, 0.5) is 20.2 Å². The second kappa shape index (κ2) is 7.99. The third kappa shape index (κ3) is 4.51. The zero-order valence-corrected chi connectivity index (χ0v) is 16.9. The van der Waals surface area contributed by atoms with Crippen molar-refractivity contribution in [3.8, 4) is 16.9 Å². The molecular weight excluding hydrogens is 426 g/mol. The molecular formula is C22H18F2N2O4S. The van der Waals surface area contributed by atoms with E-state index >= 15 is 0 Å². The normalized spacial score (nSPS) is 13.6. The number of halogens is 2. The van der Waals surface area contributed by atoms with E-state index in [0.717, 1.165) is 6.07 Å². The molecule has 9 heteroatoms. The Morgan fingerprint density at radius 2 is 1.71 bits per heavy atom. The van der Waals surface area contributed by atoms with Crippen LogP contribution in [0.5, 0.6) is 5.75 Å². The molecule has 160 valence electrons. The number of phenols is 1. The predicted octanol–water partition coefficient (Wildman–Crippen LogP) is 4.49. The SMILES string of the molecule is O=C(Nc1ccc(O)c(NS(=O)(=O)C2CC2)c1)c1ccc(-c2cccc(F)c2F)cc1. The van der Waals surface area contributed by atoms with Crippen LogP contribution >= 0.6 is 0 Å². The first kappa shape index (κ1) is 20.8. The van der Waals surface area contributed by atoms with Crippen molar-refractivity contribution >= 4 is 27.3 Å². The van der Waals surface area contributed by atoms with Crippen LogP contribution in [0, 0.1) is 11.6 Å². The zero-order chi connectivity index (χ0) is 22.2. The Morgan fingerprint density at radius 1 is 1.00 bits per heavy atom. The van der Waals surface area contributed by atoms with Crippen molar-refractivity contribution in [2.75, 3.05) is 10.0 Å². The summed E-state index contributed by atoms with van der Waals surface area (Å²) < 4.78 is 53.9. The average Bonchev–Trinajstić information content (AvgIpc) is 3.59. The van der Waals surface area contributed by atoms with Gasteiger partial charge in [-0.1, -0.05) is 24.3 Å². The average molecular weight is 444 g/mol. The fourth-order valence-corrected chi connectivity index (χ4v) is 4.44. The quantitative estimate of drug-likeness (QED) is 0.386. The maximum atomic E-state index is 14.0. The molecule has 1 aliphatic carbocycles. The molecule has 0 spiro atoms. The number of rotatable bonds is 6. The van der Waals surface area contributed by atoms with Crippen molar-refractivity contribution in [3.63, 3.8) is 0 Å². The van der Waals surface area contributed by atoms with Crippen LogP contribution in [0.1, 0.15) is 23.2 Å². The highest BCUT2D eigenvalue weighted by Gasteiger charge is 2.36. The topological polar surface area (TPSA) is 95.5 Å². The fraction of sp³-hybridized carbons (Fsp3) is 0.136. The minimum absolute atomic E-state index is 0.0263. The molecule has 3 N–H and O–H groups in total. The van der Waals surface area contributed by atoms with Crippen LogP contribution in [-0.2, 0) is 10.0 Å². The second-order valence-electron chi connectivity index (χ2n) is 7.21. The molecule has 1 fully saturated rings. The fourth-order valence-electron chi connectivity index (χ4n) is 3.04. The first-order chi connectivity index (χ1) is 14.7. The Bertz CT molecular complexity index is 1260. The van der Waals surface area contributed by atoms with Gasteiger partial charge in [0.1, 0.15) is 5.75 Å². The Hall–Kier alpha value is -3.46. The lowest BCUT2D eigenvalue weighted by molar-refractivity contribution is 0.102. The number of carbonyl (C=O) groups is 1. The molecule has 0 atom stereocenters. The van der Waals surface area contributed by atoms with E-state index in [4.69, 9.17) is 0 Å². The number of phenolic OH excluding ortho intramolecular Hbond substituents is 1. The number of hydrogen-bond acceptors (Lipinski definition) is 4. The maximum absolute atomic E-state index is 14.0. The van der Waals surface area contributed by atoms with E-state index in [0.29, 0.717) is 18.4 Å². The minimum Gasteiger partial charge on any atom is -0.506 e. The van der Waals surface area contributed by atoms with Crippen LogP contribution < -0.4 is 10.0 Å². The Balaban J connectivity index is 1.50. The lowest BCUT2D eigenvalue weighted by atomic mass is 10.0. The van der Waals surface area contributed by atoms with Crippen molar-refractivity contribution in [3.05, 3.63) is 77.9 Å². The number of sulfonamides is 1. The highest BCUT2D eigenvalue weighted by atomic mass is 32.2. The van der Waals surface area contributed by atoms with Crippen molar-refractivity contribution in [1.82, 2.24) is 0 Å². The molecule has 0 aliphatic heterocycles. The molecule has 0 unspecified atom stereocenters. The van der Waals surface area contributed by atoms with E-state index in [1.807, 2.05) is 0 Å². The summed E-state index contributed by atoms with van der Waals surface area (Å²) in [4.78, 5) is 12.5. The largest absolute Gasteiger partial charge is 0.506 e. The van der Waals surface area contributed by atoms with Crippen LogP contribution in [0.15, 0.2) is 60.7 Å². The van der Waals surface area contributed by atoms with Gasteiger partial charge in [-0.15, -0.1) is 0 Å². The van der Waals surface area contributed by atoms with Gasteiger partial charge in [0, 0.05) is 16.8 Å². The summed E-state index contributed by atoms with van der Waals surface area (Å²) in [5, 5.41) is 12.1. The number of aromatic hydroxyl groups is 1. The smallest absolute Gasteiger partial charge is 0.255 e. The molecule has 0 radical (unpaired) electrons. The van der Waals surface area contributed by atoms with Crippen LogP contribution in [0.3, 0.4) is 0 Å². The first-order valence-electron chi connectivity index (χ1n) is 9.45. The van der Waals surface area contributed by atoms with Gasteiger partial charge in [0.25, 0.3) is 5.91 Å². The molecule has 0 heterocycles. The molecule has 4 rings (SSSR count). The number of nitrogens with one attached hydrogen (secondary N) is 2. The Kier molecular flexibility index (Phi) is 5.36. The summed E-state index contributed by atoms with van der Waals surface area (Å²) in [7, 11) is -3.58. The summed E-state index contributed by atoms with van der Waals surface area (Å²) in [6, 6.07) is 13.8. The number of amides is 1. The summed E-state index contributed by atoms with van der Waals surface area (Å²) in [5.41, 5.74) is 1.000. The molecule has 0 saturated heterocycles. The van der Waals surface area contributed by atoms with Crippen molar-refractivity contribution in [2.24, 2.45) is 0 Å². The monoisotopic (exact) mass is 444 g/mol. The van der Waals surface area contributed by atoms with Crippen molar-refractivity contribution in [1.29, 1.82) is 0 Å². The summed E-state index contributed by atoms with van der Waals surface area (Å²) in [6.07, 6.45) is 1.14. The molecule has 3 aromatic carbocycles. The molecule has 1 aliphatic rings. The number of anilines is 2. The third-order valence-electron chi connectivity index (χ3n) is 4.88. The molecule has 1 amide bonds. The van der Waals surface area contributed by atoms with Crippen LogP contribution in [-0.4, -0.2) is 24.7 Å². The van der Waals surface area contributed by atoms with Crippen molar-refractivity contribution in [2.45, 2.75) is 18.1 Å². The summed E-state index contributed by atoms with van der Waals surface area (Å²) in [6.45, 7) is 0. The summed E-state index contributed by atoms with van der Waals surface area (Å²) >= 11 is 0. The van der Waals surface area contributed by atoms with Crippen LogP contribution in [0.2, 0.25) is 0 Å². The zero-order valence-electron chi connectivity index (χ0n) is 16.1. The van der Waals surface area contributed by atoms with Gasteiger partial charge < -0.3 is 10.4 Å². The van der Waals surface area contributed by atoms with E-state index in [-0.39, 0.29) is 28.3 Å². The third-order valence-corrected chi connectivity index (χ3v) is 6.73.